The number of rotatable bonds is 11. The van der Waals surface area contributed by atoms with E-state index < -0.39 is 5.97 Å². The van der Waals surface area contributed by atoms with E-state index in [9.17, 15) is 4.79 Å². The topological polar surface area (TPSA) is 71.9 Å². The van der Waals surface area contributed by atoms with Crippen molar-refractivity contribution in [2.45, 2.75) is 27.2 Å². The number of likely N-dealkylation sites (N-methyl/N-ethyl adjacent to an activating group) is 1. The first kappa shape index (κ1) is 20.2. The summed E-state index contributed by atoms with van der Waals surface area (Å²) >= 11 is 1.43. The van der Waals surface area contributed by atoms with Gasteiger partial charge in [-0.2, -0.15) is 0 Å². The summed E-state index contributed by atoms with van der Waals surface area (Å²) < 4.78 is 11.6. The summed E-state index contributed by atoms with van der Waals surface area (Å²) in [6, 6.07) is 5.72. The second kappa shape index (κ2) is 10.1. The van der Waals surface area contributed by atoms with Gasteiger partial charge in [0, 0.05) is 17.5 Å². The smallest absolute Gasteiger partial charge is 0.309 e. The van der Waals surface area contributed by atoms with E-state index in [0.29, 0.717) is 30.4 Å². The Hall–Kier alpha value is -2.12. The van der Waals surface area contributed by atoms with Crippen LogP contribution in [0.15, 0.2) is 23.6 Å². The van der Waals surface area contributed by atoms with Crippen LogP contribution in [0.3, 0.4) is 0 Å². The third kappa shape index (κ3) is 5.71. The van der Waals surface area contributed by atoms with Gasteiger partial charge in [-0.1, -0.05) is 13.8 Å². The van der Waals surface area contributed by atoms with Crippen molar-refractivity contribution in [2.24, 2.45) is 0 Å². The second-order valence-electron chi connectivity index (χ2n) is 5.68. The Morgan fingerprint density at radius 2 is 1.96 bits per heavy atom. The summed E-state index contributed by atoms with van der Waals surface area (Å²) in [5, 5.41) is 11.4. The Labute approximate surface area is 158 Å². The fourth-order valence-electron chi connectivity index (χ4n) is 2.53. The zero-order chi connectivity index (χ0) is 18.9. The molecule has 0 fully saturated rings. The van der Waals surface area contributed by atoms with Crippen molar-refractivity contribution in [2.75, 3.05) is 32.8 Å². The van der Waals surface area contributed by atoms with E-state index in [4.69, 9.17) is 14.6 Å². The van der Waals surface area contributed by atoms with Crippen molar-refractivity contribution in [1.29, 1.82) is 0 Å². The quantitative estimate of drug-likeness (QED) is 0.645. The maximum Gasteiger partial charge on any atom is 0.309 e. The van der Waals surface area contributed by atoms with Gasteiger partial charge in [0.15, 0.2) is 11.5 Å². The molecule has 1 N–H and O–H groups in total. The lowest BCUT2D eigenvalue weighted by atomic mass is 10.2. The van der Waals surface area contributed by atoms with Crippen LogP contribution in [-0.2, 0) is 11.2 Å². The fourth-order valence-corrected chi connectivity index (χ4v) is 3.35. The summed E-state index contributed by atoms with van der Waals surface area (Å²) in [7, 11) is 0. The number of thiazole rings is 1. The average Bonchev–Trinajstić information content (AvgIpc) is 3.07. The van der Waals surface area contributed by atoms with Crippen LogP contribution in [-0.4, -0.2) is 53.8 Å². The first-order valence-corrected chi connectivity index (χ1v) is 9.73. The molecule has 0 amide bonds. The molecule has 0 radical (unpaired) electrons. The number of carboxylic acids is 1. The van der Waals surface area contributed by atoms with Crippen LogP contribution in [0.1, 0.15) is 26.5 Å². The Morgan fingerprint density at radius 3 is 2.62 bits per heavy atom. The molecule has 1 aromatic heterocycles. The molecule has 2 rings (SSSR count). The Morgan fingerprint density at radius 1 is 1.19 bits per heavy atom. The van der Waals surface area contributed by atoms with Gasteiger partial charge in [0.05, 0.1) is 18.7 Å². The van der Waals surface area contributed by atoms with Gasteiger partial charge < -0.3 is 19.5 Å². The molecule has 2 aromatic rings. The molecule has 0 atom stereocenters. The van der Waals surface area contributed by atoms with Crippen molar-refractivity contribution >= 4 is 17.3 Å². The van der Waals surface area contributed by atoms with Crippen LogP contribution < -0.4 is 9.47 Å². The van der Waals surface area contributed by atoms with E-state index in [0.717, 1.165) is 30.2 Å². The lowest BCUT2D eigenvalue weighted by Crippen LogP contribution is -2.27. The molecule has 1 aromatic carbocycles. The average molecular weight is 378 g/mol. The lowest BCUT2D eigenvalue weighted by Gasteiger charge is -2.19. The second-order valence-corrected chi connectivity index (χ2v) is 6.54. The van der Waals surface area contributed by atoms with Crippen molar-refractivity contribution in [3.63, 3.8) is 0 Å². The summed E-state index contributed by atoms with van der Waals surface area (Å²) in [4.78, 5) is 17.5. The van der Waals surface area contributed by atoms with Crippen LogP contribution in [0.5, 0.6) is 11.5 Å². The Kier molecular flexibility index (Phi) is 7.87. The summed E-state index contributed by atoms with van der Waals surface area (Å²) in [6.07, 6.45) is -0.0681. The van der Waals surface area contributed by atoms with E-state index >= 15 is 0 Å². The highest BCUT2D eigenvalue weighted by molar-refractivity contribution is 7.13. The van der Waals surface area contributed by atoms with Crippen molar-refractivity contribution in [1.82, 2.24) is 9.88 Å². The lowest BCUT2D eigenvalue weighted by molar-refractivity contribution is -0.136. The number of aromatic nitrogens is 1. The van der Waals surface area contributed by atoms with Gasteiger partial charge in [-0.25, -0.2) is 4.98 Å². The SMILES string of the molecule is CCOc1cc(-c2nc(CC(=O)O)cs2)ccc1OCCN(CC)CC. The molecule has 0 aliphatic rings. The first-order valence-electron chi connectivity index (χ1n) is 8.85. The highest BCUT2D eigenvalue weighted by Crippen LogP contribution is 2.34. The van der Waals surface area contributed by atoms with Crippen LogP contribution in [0.2, 0.25) is 0 Å². The molecule has 0 unspecified atom stereocenters. The molecule has 1 heterocycles. The number of carboxylic acid groups (broad SMARTS) is 1. The molecule has 0 spiro atoms. The van der Waals surface area contributed by atoms with Gasteiger partial charge in [0.25, 0.3) is 0 Å². The molecule has 0 bridgehead atoms. The van der Waals surface area contributed by atoms with Crippen LogP contribution in [0, 0.1) is 0 Å². The molecule has 6 nitrogen and oxygen atoms in total. The van der Waals surface area contributed by atoms with E-state index in [1.54, 1.807) is 5.38 Å². The third-order valence-corrected chi connectivity index (χ3v) is 4.87. The maximum atomic E-state index is 10.8. The molecule has 0 aliphatic carbocycles. The number of hydrogen-bond acceptors (Lipinski definition) is 6. The van der Waals surface area contributed by atoms with E-state index in [2.05, 4.69) is 23.7 Å². The predicted molar refractivity (Wildman–Crippen MR) is 103 cm³/mol. The Balaban J connectivity index is 2.12. The monoisotopic (exact) mass is 378 g/mol. The number of ether oxygens (including phenoxy) is 2. The highest BCUT2D eigenvalue weighted by atomic mass is 32.1. The van der Waals surface area contributed by atoms with Crippen LogP contribution in [0.4, 0.5) is 0 Å². The standard InChI is InChI=1S/C19H26N2O4S/c1-4-21(5-2)9-10-25-16-8-7-14(11-17(16)24-6-3)19-20-15(13-26-19)12-18(22)23/h7-8,11,13H,4-6,9-10,12H2,1-3H3,(H,22,23). The van der Waals surface area contributed by atoms with Crippen molar-refractivity contribution in [3.8, 4) is 22.1 Å². The zero-order valence-corrected chi connectivity index (χ0v) is 16.3. The molecule has 0 saturated carbocycles. The molecule has 0 aliphatic heterocycles. The fraction of sp³-hybridized carbons (Fsp3) is 0.474. The number of carbonyl (C=O) groups is 1. The Bertz CT molecular complexity index is 713. The first-order chi connectivity index (χ1) is 12.6. The molecule has 26 heavy (non-hydrogen) atoms. The maximum absolute atomic E-state index is 10.8. The minimum absolute atomic E-state index is 0.0681. The highest BCUT2D eigenvalue weighted by Gasteiger charge is 2.12. The largest absolute Gasteiger partial charge is 0.490 e. The van der Waals surface area contributed by atoms with E-state index in [1.165, 1.54) is 11.3 Å². The molecular weight excluding hydrogens is 352 g/mol. The zero-order valence-electron chi connectivity index (χ0n) is 15.5. The number of nitrogens with zero attached hydrogens (tertiary/aromatic N) is 2. The summed E-state index contributed by atoms with van der Waals surface area (Å²) in [6.45, 7) is 10.2. The van der Waals surface area contributed by atoms with Crippen LogP contribution >= 0.6 is 11.3 Å². The molecule has 142 valence electrons. The van der Waals surface area contributed by atoms with Gasteiger partial charge in [-0.15, -0.1) is 11.3 Å². The van der Waals surface area contributed by atoms with Crippen molar-refractivity contribution < 1.29 is 19.4 Å². The van der Waals surface area contributed by atoms with Crippen molar-refractivity contribution in [3.05, 3.63) is 29.3 Å². The van der Waals surface area contributed by atoms with E-state index in [-0.39, 0.29) is 6.42 Å². The van der Waals surface area contributed by atoms with Gasteiger partial charge in [0.2, 0.25) is 0 Å². The number of aliphatic carboxylic acids is 1. The van der Waals surface area contributed by atoms with Crippen LogP contribution in [0.25, 0.3) is 10.6 Å². The van der Waals surface area contributed by atoms with Gasteiger partial charge in [-0.05, 0) is 38.2 Å². The van der Waals surface area contributed by atoms with Gasteiger partial charge >= 0.3 is 5.97 Å². The van der Waals surface area contributed by atoms with Gasteiger partial charge in [0.1, 0.15) is 11.6 Å². The molecule has 7 heteroatoms. The molecule has 0 saturated heterocycles. The van der Waals surface area contributed by atoms with Gasteiger partial charge in [-0.3, -0.25) is 4.79 Å². The number of hydrogen-bond donors (Lipinski definition) is 1. The normalized spacial score (nSPS) is 10.9. The minimum atomic E-state index is -0.881. The van der Waals surface area contributed by atoms with E-state index in [1.807, 2.05) is 25.1 Å². The summed E-state index contributed by atoms with van der Waals surface area (Å²) in [5.41, 5.74) is 1.46. The predicted octanol–water partition coefficient (Wildman–Crippen LogP) is 3.56. The molecular formula is C19H26N2O4S. The minimum Gasteiger partial charge on any atom is -0.490 e. The summed E-state index contributed by atoms with van der Waals surface area (Å²) in [5.74, 6) is 0.512. The third-order valence-electron chi connectivity index (χ3n) is 3.93. The number of benzene rings is 1.